The average molecular weight is 371 g/mol. The van der Waals surface area contributed by atoms with Gasteiger partial charge in [-0.15, -0.1) is 0 Å². The van der Waals surface area contributed by atoms with Crippen LogP contribution in [0.25, 0.3) is 17.0 Å². The van der Waals surface area contributed by atoms with Gasteiger partial charge in [0.1, 0.15) is 11.3 Å². The lowest BCUT2D eigenvalue weighted by atomic mass is 10.2. The molecule has 28 heavy (non-hydrogen) atoms. The first-order valence-corrected chi connectivity index (χ1v) is 9.21. The van der Waals surface area contributed by atoms with Crippen molar-refractivity contribution in [2.75, 3.05) is 0 Å². The summed E-state index contributed by atoms with van der Waals surface area (Å²) in [5.41, 5.74) is 2.88. The number of aromatic nitrogens is 2. The van der Waals surface area contributed by atoms with Crippen LogP contribution in [0.4, 0.5) is 0 Å². The molecule has 0 saturated carbocycles. The average Bonchev–Trinajstić information content (AvgIpc) is 3.34. The topological polar surface area (TPSA) is 60.1 Å². The molecule has 2 aromatic carbocycles. The third-order valence-corrected chi connectivity index (χ3v) is 4.50. The quantitative estimate of drug-likeness (QED) is 0.505. The molecule has 0 aliphatic carbocycles. The maximum Gasteiger partial charge on any atom is 0.244 e. The minimum atomic E-state index is -0.217. The molecule has 1 amide bonds. The van der Waals surface area contributed by atoms with Crippen LogP contribution in [-0.2, 0) is 11.3 Å². The summed E-state index contributed by atoms with van der Waals surface area (Å²) in [5.74, 6) is 0.558. The first-order valence-electron chi connectivity index (χ1n) is 9.21. The summed E-state index contributed by atoms with van der Waals surface area (Å²) in [6, 6.07) is 19.7. The first kappa shape index (κ1) is 17.8. The third-order valence-electron chi connectivity index (χ3n) is 4.50. The van der Waals surface area contributed by atoms with Crippen molar-refractivity contribution < 1.29 is 9.21 Å². The number of rotatable bonds is 6. The van der Waals surface area contributed by atoms with Crippen LogP contribution in [0.1, 0.15) is 29.9 Å². The highest BCUT2D eigenvalue weighted by molar-refractivity contribution is 5.92. The summed E-state index contributed by atoms with van der Waals surface area (Å²) in [6.07, 6.45) is 6.94. The molecular formula is C23H21N3O2. The van der Waals surface area contributed by atoms with Crippen molar-refractivity contribution in [2.45, 2.75) is 19.5 Å². The van der Waals surface area contributed by atoms with Crippen molar-refractivity contribution in [1.82, 2.24) is 15.1 Å². The molecular weight excluding hydrogens is 350 g/mol. The number of hydrogen-bond acceptors (Lipinski definition) is 3. The van der Waals surface area contributed by atoms with Gasteiger partial charge in [-0.3, -0.25) is 9.48 Å². The van der Waals surface area contributed by atoms with Crippen molar-refractivity contribution in [3.05, 3.63) is 96.0 Å². The van der Waals surface area contributed by atoms with Gasteiger partial charge in [-0.25, -0.2) is 0 Å². The zero-order chi connectivity index (χ0) is 19.3. The number of carbonyl (C=O) groups is 1. The van der Waals surface area contributed by atoms with Crippen LogP contribution in [-0.4, -0.2) is 15.7 Å². The molecule has 0 saturated heterocycles. The lowest BCUT2D eigenvalue weighted by Gasteiger charge is -2.08. The second-order valence-electron chi connectivity index (χ2n) is 6.71. The van der Waals surface area contributed by atoms with Crippen molar-refractivity contribution in [1.29, 1.82) is 0 Å². The minimum Gasteiger partial charge on any atom is -0.459 e. The molecule has 2 aromatic heterocycles. The van der Waals surface area contributed by atoms with Crippen LogP contribution >= 0.6 is 0 Å². The van der Waals surface area contributed by atoms with Gasteiger partial charge in [0.2, 0.25) is 5.91 Å². The molecule has 2 heterocycles. The molecule has 4 aromatic rings. The van der Waals surface area contributed by atoms with E-state index in [0.29, 0.717) is 6.54 Å². The summed E-state index contributed by atoms with van der Waals surface area (Å²) in [6.45, 7) is 2.60. The molecule has 0 radical (unpaired) electrons. The second kappa shape index (κ2) is 7.96. The second-order valence-corrected chi connectivity index (χ2v) is 6.71. The van der Waals surface area contributed by atoms with Gasteiger partial charge in [-0.2, -0.15) is 5.10 Å². The largest absolute Gasteiger partial charge is 0.459 e. The Morgan fingerprint density at radius 3 is 2.79 bits per heavy atom. The Bertz CT molecular complexity index is 1080. The smallest absolute Gasteiger partial charge is 0.244 e. The van der Waals surface area contributed by atoms with Crippen LogP contribution in [0.3, 0.4) is 0 Å². The maximum absolute atomic E-state index is 12.2. The normalized spacial score (nSPS) is 12.5. The number of hydrogen-bond donors (Lipinski definition) is 1. The molecule has 5 nitrogen and oxygen atoms in total. The molecule has 0 unspecified atom stereocenters. The molecule has 0 aliphatic rings. The number of nitrogens with zero attached hydrogens (tertiary/aromatic N) is 2. The van der Waals surface area contributed by atoms with E-state index >= 15 is 0 Å². The minimum absolute atomic E-state index is 0.177. The van der Waals surface area contributed by atoms with Gasteiger partial charge >= 0.3 is 0 Å². The van der Waals surface area contributed by atoms with Crippen LogP contribution in [0.2, 0.25) is 0 Å². The lowest BCUT2D eigenvalue weighted by Crippen LogP contribution is -2.24. The molecule has 5 heteroatoms. The molecule has 0 fully saturated rings. The number of nitrogens with one attached hydrogen (secondary N) is 1. The number of para-hydroxylation sites is 1. The van der Waals surface area contributed by atoms with Crippen molar-refractivity contribution in [3.63, 3.8) is 0 Å². The van der Waals surface area contributed by atoms with E-state index in [4.69, 9.17) is 4.42 Å². The number of furan rings is 1. The molecule has 140 valence electrons. The summed E-state index contributed by atoms with van der Waals surface area (Å²) in [4.78, 5) is 12.2. The lowest BCUT2D eigenvalue weighted by molar-refractivity contribution is -0.117. The Kier molecular flexibility index (Phi) is 5.06. The van der Waals surface area contributed by atoms with Crippen LogP contribution < -0.4 is 5.32 Å². The predicted molar refractivity (Wildman–Crippen MR) is 110 cm³/mol. The van der Waals surface area contributed by atoms with Crippen LogP contribution in [0.15, 0.2) is 83.6 Å². The third kappa shape index (κ3) is 4.20. The van der Waals surface area contributed by atoms with Crippen LogP contribution in [0.5, 0.6) is 0 Å². The Hall–Kier alpha value is -3.60. The Morgan fingerprint density at radius 1 is 1.18 bits per heavy atom. The fourth-order valence-corrected chi connectivity index (χ4v) is 3.04. The van der Waals surface area contributed by atoms with E-state index in [1.807, 2.05) is 66.3 Å². The molecule has 1 N–H and O–H groups in total. The SMILES string of the molecule is C[C@@H](NC(=O)/C=C/c1cnn(Cc2ccccc2)c1)c1cc2ccccc2o1. The van der Waals surface area contributed by atoms with Gasteiger partial charge in [0, 0.05) is 23.2 Å². The van der Waals surface area contributed by atoms with E-state index in [0.717, 1.165) is 22.3 Å². The zero-order valence-electron chi connectivity index (χ0n) is 15.6. The van der Waals surface area contributed by atoms with Gasteiger partial charge in [0.15, 0.2) is 0 Å². The van der Waals surface area contributed by atoms with Crippen molar-refractivity contribution in [3.8, 4) is 0 Å². The summed E-state index contributed by atoms with van der Waals surface area (Å²) in [7, 11) is 0. The molecule has 0 spiro atoms. The van der Waals surface area contributed by atoms with Gasteiger partial charge < -0.3 is 9.73 Å². The number of fused-ring (bicyclic) bond motifs is 1. The Balaban J connectivity index is 1.36. The molecule has 4 rings (SSSR count). The summed E-state index contributed by atoms with van der Waals surface area (Å²) in [5, 5.41) is 8.30. The van der Waals surface area contributed by atoms with E-state index in [9.17, 15) is 4.79 Å². The molecule has 1 atom stereocenters. The zero-order valence-corrected chi connectivity index (χ0v) is 15.6. The van der Waals surface area contributed by atoms with Gasteiger partial charge in [0.25, 0.3) is 0 Å². The van der Waals surface area contributed by atoms with E-state index < -0.39 is 0 Å². The fraction of sp³-hybridized carbons (Fsp3) is 0.130. The Labute approximate surface area is 163 Å². The van der Waals surface area contributed by atoms with Gasteiger partial charge in [-0.1, -0.05) is 48.5 Å². The highest BCUT2D eigenvalue weighted by Gasteiger charge is 2.12. The molecule has 0 bridgehead atoms. The molecule has 0 aliphatic heterocycles. The Morgan fingerprint density at radius 2 is 1.96 bits per heavy atom. The summed E-state index contributed by atoms with van der Waals surface area (Å²) >= 11 is 0. The number of benzene rings is 2. The van der Waals surface area contributed by atoms with Gasteiger partial charge in [-0.05, 0) is 30.7 Å². The van der Waals surface area contributed by atoms with E-state index in [1.165, 1.54) is 11.6 Å². The van der Waals surface area contributed by atoms with Crippen molar-refractivity contribution >= 4 is 23.0 Å². The highest BCUT2D eigenvalue weighted by atomic mass is 16.3. The summed E-state index contributed by atoms with van der Waals surface area (Å²) < 4.78 is 7.65. The van der Waals surface area contributed by atoms with Crippen LogP contribution in [0, 0.1) is 0 Å². The van der Waals surface area contributed by atoms with E-state index in [-0.39, 0.29) is 11.9 Å². The monoisotopic (exact) mass is 371 g/mol. The first-order chi connectivity index (χ1) is 13.7. The number of carbonyl (C=O) groups excluding carboxylic acids is 1. The van der Waals surface area contributed by atoms with E-state index in [1.54, 1.807) is 12.3 Å². The van der Waals surface area contributed by atoms with E-state index in [2.05, 4.69) is 22.5 Å². The standard InChI is InChI=1S/C23H21N3O2/c1-17(22-13-20-9-5-6-10-21(20)28-22)25-23(27)12-11-19-14-24-26(16-19)15-18-7-3-2-4-8-18/h2-14,16-17H,15H2,1H3,(H,25,27)/b12-11+/t17-/m1/s1. The maximum atomic E-state index is 12.2. The highest BCUT2D eigenvalue weighted by Crippen LogP contribution is 2.23. The fourth-order valence-electron chi connectivity index (χ4n) is 3.04. The van der Waals surface area contributed by atoms with Gasteiger partial charge in [0.05, 0.1) is 18.8 Å². The number of amides is 1. The predicted octanol–water partition coefficient (Wildman–Crippen LogP) is 4.57. The van der Waals surface area contributed by atoms with Crippen molar-refractivity contribution in [2.24, 2.45) is 0 Å².